The van der Waals surface area contributed by atoms with Gasteiger partial charge < -0.3 is 35.4 Å². The number of aliphatic hydroxyl groups excluding tert-OH is 2. The van der Waals surface area contributed by atoms with Crippen LogP contribution >= 0.6 is 0 Å². The number of rotatable bonds is 12. The van der Waals surface area contributed by atoms with Gasteiger partial charge in [-0.3, -0.25) is 19.3 Å². The Morgan fingerprint density at radius 2 is 1.38 bits per heavy atom. The highest BCUT2D eigenvalue weighted by molar-refractivity contribution is 6.24. The number of fused-ring (bicyclic) bond motifs is 3. The quantitative estimate of drug-likeness (QED) is 0.0454. The van der Waals surface area contributed by atoms with Gasteiger partial charge in [0.15, 0.2) is 0 Å². The molecule has 0 aromatic heterocycles. The molecule has 6 aromatic rings. The summed E-state index contributed by atoms with van der Waals surface area (Å²) in [6.07, 6.45) is 2.43. The van der Waals surface area contributed by atoms with E-state index in [0.29, 0.717) is 40.7 Å². The van der Waals surface area contributed by atoms with Crippen LogP contribution in [0.2, 0.25) is 0 Å². The summed E-state index contributed by atoms with van der Waals surface area (Å²) in [5.74, 6) is 2.70. The van der Waals surface area contributed by atoms with Gasteiger partial charge in [-0.15, -0.1) is 0 Å². The molecular formula is C61H60N4O9. The van der Waals surface area contributed by atoms with Crippen LogP contribution in [0.4, 0.5) is 10.5 Å². The summed E-state index contributed by atoms with van der Waals surface area (Å²) >= 11 is 0. The first-order chi connectivity index (χ1) is 36.0. The molecule has 0 bridgehead atoms. The fourth-order valence-corrected chi connectivity index (χ4v) is 11.8. The monoisotopic (exact) mass is 992 g/mol. The smallest absolute Gasteiger partial charge is 0.329 e. The van der Waals surface area contributed by atoms with Crippen molar-refractivity contribution in [3.8, 4) is 17.6 Å². The fourth-order valence-electron chi connectivity index (χ4n) is 11.8. The standard InChI is InChI=1S/C61H60N4O9/c1-40(42-20-8-4-9-21-42)63-59(71)64-48-31-30-41(32-35-60(72)33-18-2-3-19-34-60)38-47(48)61(58(64)70)51(56(68)62-39-49(67)43-22-10-5-11-23-43)53-57(69)74-54(45-26-14-7-15-27-45)52(44-24-12-6-13-25-44)65(53)55(61)46-28-16-17-29-50(46)73-37-36-66/h4-17,20-31,38,40,49,51-55,66-67,72H,2-3,18-19,33-34,36-37,39H2,1H3,(H,62,68)(H,63,71)/t40-,49+,51+,52+,53+,54-,55-,61+/m1/s1. The van der Waals surface area contributed by atoms with Crippen molar-refractivity contribution in [2.24, 2.45) is 5.92 Å². The molecule has 13 nitrogen and oxygen atoms in total. The van der Waals surface area contributed by atoms with Crippen LogP contribution in [0.25, 0.3) is 0 Å². The first-order valence-electron chi connectivity index (χ1n) is 25.6. The van der Waals surface area contributed by atoms with Crippen LogP contribution in [-0.4, -0.2) is 75.4 Å². The van der Waals surface area contributed by atoms with E-state index < -0.39 is 77.1 Å². The van der Waals surface area contributed by atoms with Gasteiger partial charge >= 0.3 is 12.0 Å². The number of nitrogens with one attached hydrogen (secondary N) is 2. The van der Waals surface area contributed by atoms with Crippen molar-refractivity contribution in [3.05, 3.63) is 203 Å². The number of aliphatic hydroxyl groups is 3. The van der Waals surface area contributed by atoms with Crippen LogP contribution in [-0.2, 0) is 24.5 Å². The largest absolute Gasteiger partial charge is 0.491 e. The molecule has 4 aliphatic rings. The molecule has 3 aliphatic heterocycles. The highest BCUT2D eigenvalue weighted by Gasteiger charge is 2.76. The minimum atomic E-state index is -2.16. The van der Waals surface area contributed by atoms with Gasteiger partial charge in [-0.25, -0.2) is 9.69 Å². The highest BCUT2D eigenvalue weighted by Crippen LogP contribution is 2.66. The molecule has 3 fully saturated rings. The van der Waals surface area contributed by atoms with E-state index in [1.807, 2.05) is 109 Å². The van der Waals surface area contributed by atoms with Crippen LogP contribution in [0.15, 0.2) is 164 Å². The maximum Gasteiger partial charge on any atom is 0.329 e. The molecule has 8 atom stereocenters. The molecule has 13 heteroatoms. The summed E-state index contributed by atoms with van der Waals surface area (Å²) in [5.41, 5.74) is 0.468. The lowest BCUT2D eigenvalue weighted by molar-refractivity contribution is -0.178. The average Bonchev–Trinajstić information content (AvgIpc) is 3.79. The summed E-state index contributed by atoms with van der Waals surface area (Å²) in [6, 6.07) is 44.0. The first kappa shape index (κ1) is 50.0. The predicted octanol–water partition coefficient (Wildman–Crippen LogP) is 8.48. The van der Waals surface area contributed by atoms with E-state index in [9.17, 15) is 15.3 Å². The Hall–Kier alpha value is -7.60. The zero-order chi connectivity index (χ0) is 51.4. The van der Waals surface area contributed by atoms with Gasteiger partial charge in [0.1, 0.15) is 35.5 Å². The Morgan fingerprint density at radius 3 is 2.04 bits per heavy atom. The third kappa shape index (κ3) is 9.35. The van der Waals surface area contributed by atoms with Gasteiger partial charge in [0.05, 0.1) is 42.4 Å². The predicted molar refractivity (Wildman–Crippen MR) is 278 cm³/mol. The van der Waals surface area contributed by atoms with Crippen molar-refractivity contribution in [2.45, 2.75) is 92.8 Å². The molecular weight excluding hydrogens is 933 g/mol. The third-order valence-electron chi connectivity index (χ3n) is 15.2. The number of nitrogens with zero attached hydrogens (tertiary/aromatic N) is 2. The molecule has 1 aliphatic carbocycles. The minimum Gasteiger partial charge on any atom is -0.491 e. The zero-order valence-electron chi connectivity index (χ0n) is 41.2. The van der Waals surface area contributed by atoms with E-state index >= 15 is 19.2 Å². The van der Waals surface area contributed by atoms with E-state index in [4.69, 9.17) is 9.47 Å². The molecule has 74 heavy (non-hydrogen) atoms. The number of anilines is 1. The maximum absolute atomic E-state index is 16.9. The number of morpholine rings is 1. The second kappa shape index (κ2) is 21.5. The van der Waals surface area contributed by atoms with E-state index in [1.54, 1.807) is 66.7 Å². The number of urea groups is 1. The number of benzene rings is 6. The minimum absolute atomic E-state index is 0.128. The van der Waals surface area contributed by atoms with Gasteiger partial charge in [0.25, 0.3) is 0 Å². The summed E-state index contributed by atoms with van der Waals surface area (Å²) in [6.45, 7) is 1.05. The Morgan fingerprint density at radius 1 is 0.770 bits per heavy atom. The van der Waals surface area contributed by atoms with Crippen molar-refractivity contribution in [1.29, 1.82) is 0 Å². The van der Waals surface area contributed by atoms with E-state index in [1.165, 1.54) is 0 Å². The summed E-state index contributed by atoms with van der Waals surface area (Å²) in [7, 11) is 0. The topological polar surface area (TPSA) is 178 Å². The molecule has 2 saturated heterocycles. The summed E-state index contributed by atoms with van der Waals surface area (Å²) in [4.78, 5) is 66.8. The normalized spacial score (nSPS) is 23.8. The molecule has 1 spiro atoms. The van der Waals surface area contributed by atoms with Gasteiger partial charge in [0.2, 0.25) is 11.8 Å². The van der Waals surface area contributed by atoms with Crippen molar-refractivity contribution in [3.63, 3.8) is 0 Å². The Balaban J connectivity index is 1.26. The maximum atomic E-state index is 16.9. The molecule has 0 radical (unpaired) electrons. The second-order valence-corrected chi connectivity index (χ2v) is 19.7. The lowest BCUT2D eigenvalue weighted by atomic mass is 9.65. The van der Waals surface area contributed by atoms with Crippen LogP contribution in [0, 0.1) is 17.8 Å². The van der Waals surface area contributed by atoms with Crippen LogP contribution in [0.1, 0.15) is 115 Å². The molecule has 5 N–H and O–H groups in total. The van der Waals surface area contributed by atoms with Gasteiger partial charge in [-0.05, 0) is 84.7 Å². The molecule has 0 unspecified atom stereocenters. The number of carbonyl (C=O) groups excluding carboxylic acids is 4. The van der Waals surface area contributed by atoms with E-state index in [-0.39, 0.29) is 36.8 Å². The number of hydrogen-bond acceptors (Lipinski definition) is 10. The van der Waals surface area contributed by atoms with Crippen molar-refractivity contribution >= 4 is 29.5 Å². The number of para-hydroxylation sites is 1. The SMILES string of the molecule is C[C@@H](NC(=O)N1C(=O)[C@@]2(c3cc(C#CC4(O)CCCCCC4)ccc31)[C@H](C(=O)NC[C@H](O)c1ccccc1)[C@H]1C(=O)O[C@H](c3ccccc3)[C@H](c3ccccc3)N1[C@@H]2c1ccccc1OCCO)c1ccccc1. The van der Waals surface area contributed by atoms with Crippen molar-refractivity contribution in [1.82, 2.24) is 15.5 Å². The zero-order valence-corrected chi connectivity index (χ0v) is 41.2. The first-order valence-corrected chi connectivity index (χ1v) is 25.6. The molecule has 6 aromatic carbocycles. The van der Waals surface area contributed by atoms with Crippen LogP contribution < -0.4 is 20.3 Å². The Bertz CT molecular complexity index is 3050. The Kier molecular flexibility index (Phi) is 14.5. The number of esters is 1. The van der Waals surface area contributed by atoms with Crippen LogP contribution in [0.3, 0.4) is 0 Å². The molecule has 378 valence electrons. The number of amides is 4. The summed E-state index contributed by atoms with van der Waals surface area (Å²) in [5, 5.41) is 39.6. The number of imide groups is 1. The number of cyclic esters (lactones) is 1. The Labute approximate surface area is 431 Å². The van der Waals surface area contributed by atoms with Gasteiger partial charge in [-0.1, -0.05) is 164 Å². The van der Waals surface area contributed by atoms with Crippen molar-refractivity contribution in [2.75, 3.05) is 24.7 Å². The average molecular weight is 993 g/mol. The molecule has 1 saturated carbocycles. The fraction of sp³-hybridized carbons (Fsp3) is 0.311. The number of carbonyl (C=O) groups is 4. The highest BCUT2D eigenvalue weighted by atomic mass is 16.6. The number of hydrogen-bond donors (Lipinski definition) is 5. The molecule has 10 rings (SSSR count). The second-order valence-electron chi connectivity index (χ2n) is 19.7. The van der Waals surface area contributed by atoms with Gasteiger partial charge in [0, 0.05) is 17.7 Å². The lowest BCUT2D eigenvalue weighted by Crippen LogP contribution is -2.56. The summed E-state index contributed by atoms with van der Waals surface area (Å²) < 4.78 is 13.0. The lowest BCUT2D eigenvalue weighted by Gasteiger charge is -2.46. The number of ether oxygens (including phenoxy) is 2. The van der Waals surface area contributed by atoms with Gasteiger partial charge in [-0.2, -0.15) is 0 Å². The molecule has 4 amide bonds. The van der Waals surface area contributed by atoms with E-state index in [0.717, 1.165) is 36.1 Å². The van der Waals surface area contributed by atoms with E-state index in [2.05, 4.69) is 22.5 Å². The van der Waals surface area contributed by atoms with Crippen molar-refractivity contribution < 1.29 is 44.0 Å². The third-order valence-corrected chi connectivity index (χ3v) is 15.2. The van der Waals surface area contributed by atoms with Crippen LogP contribution in [0.5, 0.6) is 5.75 Å². The molecule has 3 heterocycles.